The summed E-state index contributed by atoms with van der Waals surface area (Å²) in [6.45, 7) is 4.93. The topological polar surface area (TPSA) is 44.5 Å². The second-order valence-electron chi connectivity index (χ2n) is 6.97. The maximum Gasteiger partial charge on any atom is 0.416 e. The molecule has 158 valence electrons. The number of nitrogens with zero attached hydrogens (tertiary/aromatic N) is 2. The maximum atomic E-state index is 13.2. The first-order valence-electron chi connectivity index (χ1n) is 9.44. The Bertz CT molecular complexity index is 856. The molecule has 0 spiro atoms. The minimum absolute atomic E-state index is 0. The van der Waals surface area contributed by atoms with Crippen LogP contribution >= 0.6 is 24.2 Å². The molecule has 0 aliphatic carbocycles. The Morgan fingerprint density at radius 1 is 1.00 bits per heavy atom. The molecule has 2 aliphatic heterocycles. The van der Waals surface area contributed by atoms with Crippen LogP contribution in [0.5, 0.6) is 0 Å². The van der Waals surface area contributed by atoms with E-state index in [-0.39, 0.29) is 12.4 Å². The predicted octanol–water partition coefficient (Wildman–Crippen LogP) is 4.49. The highest BCUT2D eigenvalue weighted by atomic mass is 35.5. The number of benzene rings is 2. The number of hydrogen-bond acceptors (Lipinski definition) is 5. The van der Waals surface area contributed by atoms with E-state index in [4.69, 9.17) is 5.73 Å². The summed E-state index contributed by atoms with van der Waals surface area (Å²) in [4.78, 5) is 6.02. The van der Waals surface area contributed by atoms with Gasteiger partial charge in [-0.1, -0.05) is 11.8 Å². The molecule has 1 saturated heterocycles. The fraction of sp³-hybridized carbons (Fsp3) is 0.400. The van der Waals surface area contributed by atoms with Crippen molar-refractivity contribution in [2.24, 2.45) is 5.73 Å². The Morgan fingerprint density at radius 3 is 2.31 bits per heavy atom. The molecule has 0 saturated carbocycles. The smallest absolute Gasteiger partial charge is 0.369 e. The quantitative estimate of drug-likeness (QED) is 0.727. The highest BCUT2D eigenvalue weighted by molar-refractivity contribution is 7.99. The lowest BCUT2D eigenvalue weighted by molar-refractivity contribution is -0.137. The number of nitrogens with two attached hydrogens (primary N) is 1. The highest BCUT2D eigenvalue weighted by Crippen LogP contribution is 2.50. The van der Waals surface area contributed by atoms with E-state index in [9.17, 15) is 13.2 Å². The third kappa shape index (κ3) is 4.60. The third-order valence-electron chi connectivity index (χ3n) is 5.10. The van der Waals surface area contributed by atoms with E-state index in [2.05, 4.69) is 33.3 Å². The van der Waals surface area contributed by atoms with E-state index in [1.165, 1.54) is 17.8 Å². The summed E-state index contributed by atoms with van der Waals surface area (Å²) in [6, 6.07) is 10.3. The lowest BCUT2D eigenvalue weighted by Crippen LogP contribution is -2.43. The minimum Gasteiger partial charge on any atom is -0.369 e. The zero-order valence-electron chi connectivity index (χ0n) is 15.8. The van der Waals surface area contributed by atoms with Crippen LogP contribution in [0, 0.1) is 0 Å². The van der Waals surface area contributed by atoms with Gasteiger partial charge < -0.3 is 20.9 Å². The zero-order valence-corrected chi connectivity index (χ0v) is 17.5. The molecule has 2 aromatic rings. The Balaban J connectivity index is 0.00000240. The molecular weight excluding hydrogens is 421 g/mol. The van der Waals surface area contributed by atoms with Gasteiger partial charge in [-0.25, -0.2) is 0 Å². The van der Waals surface area contributed by atoms with Crippen molar-refractivity contribution in [3.05, 3.63) is 42.0 Å². The molecule has 4 nitrogen and oxygen atoms in total. The van der Waals surface area contributed by atoms with Gasteiger partial charge in [0.2, 0.25) is 0 Å². The van der Waals surface area contributed by atoms with Crippen LogP contribution in [0.4, 0.5) is 30.2 Å². The second-order valence-corrected chi connectivity index (χ2v) is 8.05. The van der Waals surface area contributed by atoms with Crippen LogP contribution in [0.25, 0.3) is 0 Å². The molecule has 0 unspecified atom stereocenters. The van der Waals surface area contributed by atoms with Crippen molar-refractivity contribution in [2.75, 3.05) is 49.1 Å². The van der Waals surface area contributed by atoms with E-state index in [0.717, 1.165) is 60.6 Å². The van der Waals surface area contributed by atoms with E-state index >= 15 is 0 Å². The van der Waals surface area contributed by atoms with Gasteiger partial charge in [0.25, 0.3) is 0 Å². The molecular formula is C20H24ClF3N4S. The Kier molecular flexibility index (Phi) is 6.88. The van der Waals surface area contributed by atoms with Gasteiger partial charge >= 0.3 is 6.18 Å². The first-order chi connectivity index (χ1) is 13.5. The summed E-state index contributed by atoms with van der Waals surface area (Å²) in [5.41, 5.74) is 8.04. The highest BCUT2D eigenvalue weighted by Gasteiger charge is 2.33. The van der Waals surface area contributed by atoms with Crippen molar-refractivity contribution in [3.63, 3.8) is 0 Å². The van der Waals surface area contributed by atoms with E-state index < -0.39 is 11.7 Å². The number of fused-ring (bicyclic) bond motifs is 2. The summed E-state index contributed by atoms with van der Waals surface area (Å²) in [6.07, 6.45) is -3.58. The SMILES string of the molecule is Cl.NCCCN1c2ccc(N3CCNCC3)cc2Sc2cc(C(F)(F)F)ccc21. The van der Waals surface area contributed by atoms with Gasteiger partial charge in [-0.05, 0) is 49.4 Å². The number of hydrogen-bond donors (Lipinski definition) is 2. The average molecular weight is 445 g/mol. The largest absolute Gasteiger partial charge is 0.416 e. The van der Waals surface area contributed by atoms with Gasteiger partial charge in [-0.3, -0.25) is 0 Å². The average Bonchev–Trinajstić information content (AvgIpc) is 2.70. The van der Waals surface area contributed by atoms with Gasteiger partial charge in [0.05, 0.1) is 16.9 Å². The van der Waals surface area contributed by atoms with Gasteiger partial charge in [-0.2, -0.15) is 13.2 Å². The maximum absolute atomic E-state index is 13.2. The number of anilines is 3. The number of rotatable bonds is 4. The molecule has 1 fully saturated rings. The van der Waals surface area contributed by atoms with E-state index in [1.54, 1.807) is 6.07 Å². The summed E-state index contributed by atoms with van der Waals surface area (Å²) in [7, 11) is 0. The van der Waals surface area contributed by atoms with Gasteiger partial charge in [0.15, 0.2) is 0 Å². The molecule has 0 radical (unpaired) electrons. The van der Waals surface area contributed by atoms with Gasteiger partial charge in [0, 0.05) is 48.2 Å². The van der Waals surface area contributed by atoms with Crippen LogP contribution < -0.4 is 20.9 Å². The normalized spacial score (nSPS) is 16.1. The van der Waals surface area contributed by atoms with Crippen LogP contribution in [-0.2, 0) is 6.18 Å². The van der Waals surface area contributed by atoms with E-state index in [0.29, 0.717) is 18.0 Å². The number of nitrogens with one attached hydrogen (secondary N) is 1. The van der Waals surface area contributed by atoms with Crippen molar-refractivity contribution in [2.45, 2.75) is 22.4 Å². The summed E-state index contributed by atoms with van der Waals surface area (Å²) < 4.78 is 39.6. The molecule has 2 aliphatic rings. The monoisotopic (exact) mass is 444 g/mol. The molecule has 4 rings (SSSR count). The van der Waals surface area contributed by atoms with Crippen molar-refractivity contribution in [3.8, 4) is 0 Å². The number of alkyl halides is 3. The molecule has 9 heteroatoms. The molecule has 0 amide bonds. The van der Waals surface area contributed by atoms with Crippen molar-refractivity contribution in [1.82, 2.24) is 5.32 Å². The van der Waals surface area contributed by atoms with Crippen molar-refractivity contribution < 1.29 is 13.2 Å². The van der Waals surface area contributed by atoms with Crippen LogP contribution in [0.2, 0.25) is 0 Å². The number of piperazine rings is 1. The van der Waals surface area contributed by atoms with Crippen LogP contribution in [0.15, 0.2) is 46.2 Å². The lowest BCUT2D eigenvalue weighted by Gasteiger charge is -2.35. The summed E-state index contributed by atoms with van der Waals surface area (Å²) >= 11 is 1.41. The molecule has 3 N–H and O–H groups in total. The first kappa shape index (κ1) is 22.1. The summed E-state index contributed by atoms with van der Waals surface area (Å²) in [5.74, 6) is 0. The molecule has 29 heavy (non-hydrogen) atoms. The Hall–Kier alpha value is -1.61. The zero-order chi connectivity index (χ0) is 19.7. The molecule has 0 atom stereocenters. The third-order valence-corrected chi connectivity index (χ3v) is 6.19. The van der Waals surface area contributed by atoms with Gasteiger partial charge in [0.1, 0.15) is 0 Å². The van der Waals surface area contributed by atoms with Crippen LogP contribution in [-0.4, -0.2) is 39.3 Å². The van der Waals surface area contributed by atoms with E-state index in [1.807, 2.05) is 0 Å². The lowest BCUT2D eigenvalue weighted by atomic mass is 10.1. The molecule has 2 heterocycles. The molecule has 0 bridgehead atoms. The second kappa shape index (κ2) is 9.04. The Labute approximate surface area is 179 Å². The number of halogens is 4. The molecule has 0 aromatic heterocycles. The van der Waals surface area contributed by atoms with Crippen molar-refractivity contribution in [1.29, 1.82) is 0 Å². The van der Waals surface area contributed by atoms with Crippen molar-refractivity contribution >= 4 is 41.2 Å². The predicted molar refractivity (Wildman–Crippen MR) is 115 cm³/mol. The van der Waals surface area contributed by atoms with Crippen LogP contribution in [0.3, 0.4) is 0 Å². The molecule has 2 aromatic carbocycles. The standard InChI is InChI=1S/C20H23F3N4S.ClH/c21-20(22,23)14-2-4-16-18(12-14)28-19-13-15(26-10-7-25-8-11-26)3-5-17(19)27(16)9-1-6-24;/h2-5,12-13,25H,1,6-11,24H2;1H. The van der Waals surface area contributed by atoms with Gasteiger partial charge in [-0.15, -0.1) is 12.4 Å². The minimum atomic E-state index is -4.35. The fourth-order valence-corrected chi connectivity index (χ4v) is 4.83. The summed E-state index contributed by atoms with van der Waals surface area (Å²) in [5, 5.41) is 3.34. The fourth-order valence-electron chi connectivity index (χ4n) is 3.66. The first-order valence-corrected chi connectivity index (χ1v) is 10.3. The Morgan fingerprint density at radius 2 is 1.66 bits per heavy atom. The van der Waals surface area contributed by atoms with Crippen LogP contribution in [0.1, 0.15) is 12.0 Å².